The lowest BCUT2D eigenvalue weighted by atomic mass is 9.99. The molecule has 0 aromatic heterocycles. The summed E-state index contributed by atoms with van der Waals surface area (Å²) in [4.78, 5) is 21.5. The van der Waals surface area contributed by atoms with Crippen molar-refractivity contribution < 1.29 is 19.4 Å². The second-order valence-corrected chi connectivity index (χ2v) is 2.84. The molecule has 0 bridgehead atoms. The minimum atomic E-state index is -1.01. The van der Waals surface area contributed by atoms with Gasteiger partial charge in [0.2, 0.25) is 0 Å². The molecule has 1 aliphatic rings. The molecular weight excluding hydrogens is 160 g/mol. The number of ketones is 1. The van der Waals surface area contributed by atoms with Crippen LogP contribution >= 0.6 is 0 Å². The molecule has 1 heterocycles. The summed E-state index contributed by atoms with van der Waals surface area (Å²) < 4.78 is 4.97. The Hall–Kier alpha value is -1.32. The second-order valence-electron chi connectivity index (χ2n) is 2.84. The van der Waals surface area contributed by atoms with E-state index < -0.39 is 18.0 Å². The van der Waals surface area contributed by atoms with Crippen molar-refractivity contribution in [1.29, 1.82) is 0 Å². The number of rotatable bonds is 2. The van der Waals surface area contributed by atoms with Crippen molar-refractivity contribution in [3.05, 3.63) is 12.3 Å². The smallest absolute Gasteiger partial charge is 0.311 e. The third-order valence-electron chi connectivity index (χ3n) is 1.82. The van der Waals surface area contributed by atoms with Gasteiger partial charge in [0.1, 0.15) is 5.92 Å². The maximum Gasteiger partial charge on any atom is 0.311 e. The van der Waals surface area contributed by atoms with Gasteiger partial charge in [-0.25, -0.2) is 0 Å². The Labute approximate surface area is 69.8 Å². The van der Waals surface area contributed by atoms with E-state index in [0.717, 1.165) is 0 Å². The number of carboxylic acid groups (broad SMARTS) is 1. The number of Topliss-reactive ketones (excluding diaryl/α,β-unsaturated/α-hetero) is 1. The Bertz CT molecular complexity index is 219. The van der Waals surface area contributed by atoms with Gasteiger partial charge in [-0.05, 0) is 6.92 Å². The van der Waals surface area contributed by atoms with Crippen LogP contribution in [0.15, 0.2) is 12.3 Å². The molecule has 66 valence electrons. The van der Waals surface area contributed by atoms with Crippen LogP contribution in [-0.2, 0) is 14.3 Å². The van der Waals surface area contributed by atoms with Crippen molar-refractivity contribution in [3.63, 3.8) is 0 Å². The lowest BCUT2D eigenvalue weighted by molar-refractivity contribution is -0.146. The summed E-state index contributed by atoms with van der Waals surface area (Å²) in [6.45, 7) is 4.80. The molecule has 0 radical (unpaired) electrons. The van der Waals surface area contributed by atoms with E-state index in [0.29, 0.717) is 5.76 Å². The van der Waals surface area contributed by atoms with Crippen molar-refractivity contribution in [2.24, 2.45) is 5.92 Å². The summed E-state index contributed by atoms with van der Waals surface area (Å²) in [5, 5.41) is 8.68. The van der Waals surface area contributed by atoms with Crippen LogP contribution in [0.5, 0.6) is 0 Å². The molecule has 1 saturated heterocycles. The zero-order valence-electron chi connectivity index (χ0n) is 6.74. The first-order chi connectivity index (χ1) is 5.52. The molecule has 0 amide bonds. The van der Waals surface area contributed by atoms with Gasteiger partial charge in [0, 0.05) is 6.42 Å². The number of carbonyl (C=O) groups excluding carboxylic acids is 1. The van der Waals surface area contributed by atoms with E-state index in [4.69, 9.17) is 9.84 Å². The fourth-order valence-corrected chi connectivity index (χ4v) is 1.25. The summed E-state index contributed by atoms with van der Waals surface area (Å²) in [5.74, 6) is -1.65. The van der Waals surface area contributed by atoms with Crippen LogP contribution in [0.2, 0.25) is 0 Å². The van der Waals surface area contributed by atoms with Gasteiger partial charge in [0.05, 0.1) is 5.76 Å². The van der Waals surface area contributed by atoms with Gasteiger partial charge in [-0.1, -0.05) is 6.58 Å². The van der Waals surface area contributed by atoms with Crippen LogP contribution in [0.25, 0.3) is 0 Å². The number of aliphatic carboxylic acids is 1. The highest BCUT2D eigenvalue weighted by atomic mass is 16.5. The van der Waals surface area contributed by atoms with Gasteiger partial charge in [-0.15, -0.1) is 0 Å². The first-order valence-corrected chi connectivity index (χ1v) is 3.60. The molecular formula is C8H10O4. The summed E-state index contributed by atoms with van der Waals surface area (Å²) in [6.07, 6.45) is -0.602. The third kappa shape index (κ3) is 1.47. The molecule has 0 aromatic carbocycles. The van der Waals surface area contributed by atoms with Crippen LogP contribution in [0.1, 0.15) is 13.3 Å². The van der Waals surface area contributed by atoms with Gasteiger partial charge in [-0.2, -0.15) is 0 Å². The lowest BCUT2D eigenvalue weighted by Crippen LogP contribution is -2.29. The quantitative estimate of drug-likeness (QED) is 0.658. The molecule has 2 atom stereocenters. The van der Waals surface area contributed by atoms with E-state index >= 15 is 0 Å². The van der Waals surface area contributed by atoms with Crippen molar-refractivity contribution in [1.82, 2.24) is 0 Å². The molecule has 1 aliphatic heterocycles. The van der Waals surface area contributed by atoms with E-state index in [1.54, 1.807) is 0 Å². The number of hydrogen-bond donors (Lipinski definition) is 1. The number of carboxylic acids is 1. The third-order valence-corrected chi connectivity index (χ3v) is 1.82. The molecule has 0 spiro atoms. The normalized spacial score (nSPS) is 28.2. The van der Waals surface area contributed by atoms with Gasteiger partial charge < -0.3 is 9.84 Å². The molecule has 4 nitrogen and oxygen atoms in total. The van der Waals surface area contributed by atoms with E-state index in [1.165, 1.54) is 6.92 Å². The number of ether oxygens (including phenoxy) is 1. The van der Waals surface area contributed by atoms with E-state index in [9.17, 15) is 9.59 Å². The fraction of sp³-hybridized carbons (Fsp3) is 0.500. The van der Waals surface area contributed by atoms with E-state index in [2.05, 4.69) is 6.58 Å². The average molecular weight is 170 g/mol. The molecule has 4 heteroatoms. The lowest BCUT2D eigenvalue weighted by Gasteiger charge is -2.10. The zero-order chi connectivity index (χ0) is 9.30. The molecule has 1 rings (SSSR count). The first kappa shape index (κ1) is 8.77. The van der Waals surface area contributed by atoms with Crippen molar-refractivity contribution in [2.75, 3.05) is 0 Å². The molecule has 0 aromatic rings. The van der Waals surface area contributed by atoms with Crippen molar-refractivity contribution in [3.8, 4) is 0 Å². The summed E-state index contributed by atoms with van der Waals surface area (Å²) in [5.41, 5.74) is 0. The first-order valence-electron chi connectivity index (χ1n) is 3.60. The standard InChI is InChI=1S/C8H10O4/c1-4-3-6(8(10)11)7(12-4)5(2)9/h6-7H,1,3H2,2H3,(H,10,11)/t6-,7-/m0/s1. The Morgan fingerprint density at radius 3 is 2.58 bits per heavy atom. The summed E-state index contributed by atoms with van der Waals surface area (Å²) in [7, 11) is 0. The predicted molar refractivity (Wildman–Crippen MR) is 40.4 cm³/mol. The SMILES string of the molecule is C=C1C[C@H](C(=O)O)[C@H](C(C)=O)O1. The van der Waals surface area contributed by atoms with E-state index in [1.807, 2.05) is 0 Å². The predicted octanol–water partition coefficient (Wildman–Crippen LogP) is 0.579. The van der Waals surface area contributed by atoms with Crippen LogP contribution in [-0.4, -0.2) is 23.0 Å². The highest BCUT2D eigenvalue weighted by Crippen LogP contribution is 2.28. The van der Waals surface area contributed by atoms with E-state index in [-0.39, 0.29) is 12.2 Å². The maximum atomic E-state index is 10.9. The molecule has 0 aliphatic carbocycles. The van der Waals surface area contributed by atoms with Crippen LogP contribution in [0.4, 0.5) is 0 Å². The van der Waals surface area contributed by atoms with Gasteiger partial charge in [0.15, 0.2) is 11.9 Å². The zero-order valence-corrected chi connectivity index (χ0v) is 6.74. The van der Waals surface area contributed by atoms with Crippen LogP contribution in [0.3, 0.4) is 0 Å². The van der Waals surface area contributed by atoms with Crippen molar-refractivity contribution in [2.45, 2.75) is 19.4 Å². The molecule has 1 fully saturated rings. The molecule has 12 heavy (non-hydrogen) atoms. The van der Waals surface area contributed by atoms with Gasteiger partial charge >= 0.3 is 5.97 Å². The maximum absolute atomic E-state index is 10.9. The highest BCUT2D eigenvalue weighted by molar-refractivity contribution is 5.87. The summed E-state index contributed by atoms with van der Waals surface area (Å²) in [6, 6.07) is 0. The molecule has 0 unspecified atom stereocenters. The largest absolute Gasteiger partial charge is 0.487 e. The number of hydrogen-bond acceptors (Lipinski definition) is 3. The Morgan fingerprint density at radius 1 is 1.67 bits per heavy atom. The fourth-order valence-electron chi connectivity index (χ4n) is 1.25. The van der Waals surface area contributed by atoms with Crippen LogP contribution < -0.4 is 0 Å². The van der Waals surface area contributed by atoms with Crippen LogP contribution in [0, 0.1) is 5.92 Å². The Morgan fingerprint density at radius 2 is 2.25 bits per heavy atom. The Balaban J connectivity index is 2.79. The minimum absolute atomic E-state index is 0.236. The second kappa shape index (κ2) is 2.97. The number of allylic oxidation sites excluding steroid dienone is 1. The molecule has 0 saturated carbocycles. The monoisotopic (exact) mass is 170 g/mol. The Kier molecular flexibility index (Phi) is 2.17. The average Bonchev–Trinajstić information content (AvgIpc) is 2.31. The molecule has 1 N–H and O–H groups in total. The number of carbonyl (C=O) groups is 2. The van der Waals surface area contributed by atoms with Gasteiger partial charge in [-0.3, -0.25) is 9.59 Å². The highest BCUT2D eigenvalue weighted by Gasteiger charge is 2.39. The minimum Gasteiger partial charge on any atom is -0.487 e. The van der Waals surface area contributed by atoms with Gasteiger partial charge in [0.25, 0.3) is 0 Å². The van der Waals surface area contributed by atoms with Crippen molar-refractivity contribution >= 4 is 11.8 Å². The summed E-state index contributed by atoms with van der Waals surface area (Å²) >= 11 is 0. The topological polar surface area (TPSA) is 63.6 Å².